The summed E-state index contributed by atoms with van der Waals surface area (Å²) in [5, 5.41) is 0.693. The first-order valence-electron chi connectivity index (χ1n) is 5.26. The van der Waals surface area contributed by atoms with Gasteiger partial charge in [0.25, 0.3) is 5.56 Å². The summed E-state index contributed by atoms with van der Waals surface area (Å²) in [5.74, 6) is 0.596. The molecule has 0 radical (unpaired) electrons. The maximum absolute atomic E-state index is 11.5. The first-order valence-corrected chi connectivity index (χ1v) is 6.44. The van der Waals surface area contributed by atoms with Crippen LogP contribution >= 0.6 is 27.5 Å². The molecule has 4 nitrogen and oxygen atoms in total. The van der Waals surface area contributed by atoms with Gasteiger partial charge in [0, 0.05) is 18.6 Å². The van der Waals surface area contributed by atoms with Crippen LogP contribution in [0.5, 0.6) is 0 Å². The molecule has 0 aliphatic heterocycles. The Morgan fingerprint density at radius 1 is 1.50 bits per heavy atom. The Labute approximate surface area is 118 Å². The second-order valence-corrected chi connectivity index (χ2v) is 5.08. The molecule has 0 atom stereocenters. The molecule has 1 aromatic carbocycles. The van der Waals surface area contributed by atoms with Gasteiger partial charge < -0.3 is 9.88 Å². The quantitative estimate of drug-likeness (QED) is 0.942. The number of hydrogen-bond acceptors (Lipinski definition) is 3. The molecule has 0 amide bonds. The van der Waals surface area contributed by atoms with Crippen molar-refractivity contribution in [1.29, 1.82) is 0 Å². The van der Waals surface area contributed by atoms with E-state index in [1.165, 1.54) is 6.33 Å². The number of anilines is 1. The first-order chi connectivity index (χ1) is 8.58. The number of hydrogen-bond donors (Lipinski definition) is 1. The minimum Gasteiger partial charge on any atom is -0.354 e. The van der Waals surface area contributed by atoms with Gasteiger partial charge in [-0.1, -0.05) is 23.7 Å². The van der Waals surface area contributed by atoms with Crippen LogP contribution in [0.4, 0.5) is 5.82 Å². The van der Waals surface area contributed by atoms with Crippen molar-refractivity contribution in [2.45, 2.75) is 6.54 Å². The Morgan fingerprint density at radius 2 is 2.28 bits per heavy atom. The zero-order chi connectivity index (χ0) is 13.1. The van der Waals surface area contributed by atoms with Gasteiger partial charge in [-0.25, -0.2) is 4.98 Å². The van der Waals surface area contributed by atoms with E-state index < -0.39 is 0 Å². The van der Waals surface area contributed by atoms with E-state index in [0.717, 1.165) is 5.56 Å². The van der Waals surface area contributed by atoms with Crippen molar-refractivity contribution >= 4 is 33.3 Å². The van der Waals surface area contributed by atoms with E-state index in [1.807, 2.05) is 36.2 Å². The summed E-state index contributed by atoms with van der Waals surface area (Å²) in [7, 11) is 1.87. The maximum atomic E-state index is 11.5. The van der Waals surface area contributed by atoms with Gasteiger partial charge in [0.15, 0.2) is 0 Å². The van der Waals surface area contributed by atoms with Crippen LogP contribution in [-0.4, -0.2) is 17.0 Å². The SMILES string of the molecule is CN(Cc1cccc(Cl)c1)c1nc[nH]c(=O)c1Br. The van der Waals surface area contributed by atoms with Crippen molar-refractivity contribution in [2.75, 3.05) is 11.9 Å². The summed E-state index contributed by atoms with van der Waals surface area (Å²) < 4.78 is 0.425. The second-order valence-electron chi connectivity index (χ2n) is 3.86. The number of rotatable bonds is 3. The van der Waals surface area contributed by atoms with Crippen molar-refractivity contribution in [3.8, 4) is 0 Å². The molecule has 1 N–H and O–H groups in total. The predicted molar refractivity (Wildman–Crippen MR) is 76.1 cm³/mol. The van der Waals surface area contributed by atoms with Crippen molar-refractivity contribution in [2.24, 2.45) is 0 Å². The van der Waals surface area contributed by atoms with Gasteiger partial charge in [-0.2, -0.15) is 0 Å². The van der Waals surface area contributed by atoms with Crippen LogP contribution in [-0.2, 0) is 6.54 Å². The molecule has 1 aromatic heterocycles. The molecule has 2 rings (SSSR count). The Kier molecular flexibility index (Phi) is 4.04. The number of benzene rings is 1. The molecule has 1 heterocycles. The highest BCUT2D eigenvalue weighted by Gasteiger charge is 2.10. The fourth-order valence-corrected chi connectivity index (χ4v) is 2.36. The van der Waals surface area contributed by atoms with E-state index in [-0.39, 0.29) is 5.56 Å². The van der Waals surface area contributed by atoms with E-state index in [9.17, 15) is 4.79 Å². The monoisotopic (exact) mass is 327 g/mol. The van der Waals surface area contributed by atoms with E-state index in [2.05, 4.69) is 25.9 Å². The molecular weight excluding hydrogens is 318 g/mol. The number of halogens is 2. The average molecular weight is 329 g/mol. The van der Waals surface area contributed by atoms with E-state index in [4.69, 9.17) is 11.6 Å². The van der Waals surface area contributed by atoms with Crippen molar-refractivity contribution < 1.29 is 0 Å². The van der Waals surface area contributed by atoms with Gasteiger partial charge in [0.2, 0.25) is 0 Å². The van der Waals surface area contributed by atoms with Gasteiger partial charge in [0.05, 0.1) is 6.33 Å². The highest BCUT2D eigenvalue weighted by Crippen LogP contribution is 2.20. The van der Waals surface area contributed by atoms with Crippen LogP contribution < -0.4 is 10.5 Å². The Balaban J connectivity index is 2.25. The summed E-state index contributed by atoms with van der Waals surface area (Å²) >= 11 is 9.17. The second kappa shape index (κ2) is 5.54. The van der Waals surface area contributed by atoms with E-state index >= 15 is 0 Å². The lowest BCUT2D eigenvalue weighted by Crippen LogP contribution is -2.21. The summed E-state index contributed by atoms with van der Waals surface area (Å²) in [6, 6.07) is 7.58. The standard InChI is InChI=1S/C12H11BrClN3O/c1-17(6-8-3-2-4-9(14)5-8)11-10(13)12(18)16-7-15-11/h2-5,7H,6H2,1H3,(H,15,16,18). The summed E-state index contributed by atoms with van der Waals surface area (Å²) in [4.78, 5) is 20.0. The number of aromatic nitrogens is 2. The molecule has 0 aliphatic rings. The zero-order valence-electron chi connectivity index (χ0n) is 9.65. The molecule has 0 saturated heterocycles. The fraction of sp³-hybridized carbons (Fsp3) is 0.167. The van der Waals surface area contributed by atoms with Crippen LogP contribution in [0.1, 0.15) is 5.56 Å². The van der Waals surface area contributed by atoms with Gasteiger partial charge in [0.1, 0.15) is 10.3 Å². The highest BCUT2D eigenvalue weighted by atomic mass is 79.9. The molecule has 0 bridgehead atoms. The fourth-order valence-electron chi connectivity index (χ4n) is 1.62. The highest BCUT2D eigenvalue weighted by molar-refractivity contribution is 9.10. The predicted octanol–water partition coefficient (Wildman–Crippen LogP) is 2.82. The minimum atomic E-state index is -0.196. The molecule has 6 heteroatoms. The number of nitrogens with zero attached hydrogens (tertiary/aromatic N) is 2. The van der Waals surface area contributed by atoms with E-state index in [0.29, 0.717) is 21.9 Å². The smallest absolute Gasteiger partial charge is 0.267 e. The lowest BCUT2D eigenvalue weighted by molar-refractivity contribution is 0.881. The molecule has 0 fully saturated rings. The Morgan fingerprint density at radius 3 is 3.00 bits per heavy atom. The average Bonchev–Trinajstić information content (AvgIpc) is 2.32. The molecule has 0 unspecified atom stereocenters. The first kappa shape index (κ1) is 13.1. The van der Waals surface area contributed by atoms with Crippen molar-refractivity contribution in [3.63, 3.8) is 0 Å². The van der Waals surface area contributed by atoms with E-state index in [1.54, 1.807) is 0 Å². The number of nitrogens with one attached hydrogen (secondary N) is 1. The molecule has 0 aliphatic carbocycles. The van der Waals surface area contributed by atoms with Gasteiger partial charge >= 0.3 is 0 Å². The number of H-pyrrole nitrogens is 1. The lowest BCUT2D eigenvalue weighted by Gasteiger charge is -2.18. The molecule has 94 valence electrons. The van der Waals surface area contributed by atoms with Gasteiger partial charge in [-0.3, -0.25) is 4.79 Å². The van der Waals surface area contributed by atoms with Crippen molar-refractivity contribution in [3.05, 3.63) is 56.0 Å². The molecule has 0 saturated carbocycles. The Bertz CT molecular complexity index is 614. The lowest BCUT2D eigenvalue weighted by atomic mass is 10.2. The summed E-state index contributed by atoms with van der Waals surface area (Å²) in [5.41, 5.74) is 0.858. The minimum absolute atomic E-state index is 0.196. The molecule has 18 heavy (non-hydrogen) atoms. The van der Waals surface area contributed by atoms with Gasteiger partial charge in [-0.05, 0) is 33.6 Å². The normalized spacial score (nSPS) is 10.4. The topological polar surface area (TPSA) is 49.0 Å². The molecule has 2 aromatic rings. The van der Waals surface area contributed by atoms with Crippen LogP contribution in [0.15, 0.2) is 39.9 Å². The van der Waals surface area contributed by atoms with Crippen molar-refractivity contribution in [1.82, 2.24) is 9.97 Å². The number of aromatic amines is 1. The largest absolute Gasteiger partial charge is 0.354 e. The molecule has 0 spiro atoms. The van der Waals surface area contributed by atoms with Crippen LogP contribution in [0.3, 0.4) is 0 Å². The van der Waals surface area contributed by atoms with Crippen LogP contribution in [0, 0.1) is 0 Å². The zero-order valence-corrected chi connectivity index (χ0v) is 12.0. The third-order valence-electron chi connectivity index (χ3n) is 2.45. The third-order valence-corrected chi connectivity index (χ3v) is 3.40. The maximum Gasteiger partial charge on any atom is 0.267 e. The summed E-state index contributed by atoms with van der Waals surface area (Å²) in [6.45, 7) is 0.621. The van der Waals surface area contributed by atoms with Crippen LogP contribution in [0.25, 0.3) is 0 Å². The Hall–Kier alpha value is -1.33. The summed E-state index contributed by atoms with van der Waals surface area (Å²) in [6.07, 6.45) is 1.39. The van der Waals surface area contributed by atoms with Gasteiger partial charge in [-0.15, -0.1) is 0 Å². The molecular formula is C12H11BrClN3O. The third kappa shape index (κ3) is 2.91. The van der Waals surface area contributed by atoms with Crippen LogP contribution in [0.2, 0.25) is 5.02 Å².